The van der Waals surface area contributed by atoms with Crippen LogP contribution in [0.5, 0.6) is 0 Å². The summed E-state index contributed by atoms with van der Waals surface area (Å²) in [5, 5.41) is 11.8. The number of rotatable bonds is 3. The Kier molecular flexibility index (Phi) is 3.79. The maximum atomic E-state index is 12.1. The maximum Gasteiger partial charge on any atom is 0.227 e. The average Bonchev–Trinajstić information content (AvgIpc) is 2.37. The van der Waals surface area contributed by atoms with Crippen molar-refractivity contribution in [3.8, 4) is 0 Å². The van der Waals surface area contributed by atoms with Crippen molar-refractivity contribution in [2.24, 2.45) is 0 Å². The van der Waals surface area contributed by atoms with Crippen LogP contribution < -0.4 is 5.32 Å². The van der Waals surface area contributed by atoms with Gasteiger partial charge in [-0.25, -0.2) is 0 Å². The first kappa shape index (κ1) is 12.1. The molecule has 2 rings (SSSR count). The molecule has 2 N–H and O–H groups in total. The number of aliphatic hydroxyl groups is 1. The second-order valence-electron chi connectivity index (χ2n) is 4.74. The summed E-state index contributed by atoms with van der Waals surface area (Å²) in [4.78, 5) is 12.1. The lowest BCUT2D eigenvalue weighted by Gasteiger charge is -2.25. The summed E-state index contributed by atoms with van der Waals surface area (Å²) in [5.74, 6) is -0.00681. The number of nitrogens with one attached hydrogen (secondary N) is 1. The third-order valence-electron chi connectivity index (χ3n) is 3.35. The summed E-state index contributed by atoms with van der Waals surface area (Å²) in [6.07, 6.45) is 3.03. The molecule has 0 heterocycles. The van der Waals surface area contributed by atoms with Crippen LogP contribution in [0.3, 0.4) is 0 Å². The molecular weight excluding hydrogens is 214 g/mol. The average molecular weight is 233 g/mol. The van der Waals surface area contributed by atoms with Crippen LogP contribution in [0.15, 0.2) is 24.3 Å². The Labute approximate surface area is 102 Å². The molecule has 1 aliphatic rings. The maximum absolute atomic E-state index is 12.1. The Morgan fingerprint density at radius 2 is 2.29 bits per heavy atom. The fourth-order valence-corrected chi connectivity index (χ4v) is 2.42. The molecule has 0 bridgehead atoms. The summed E-state index contributed by atoms with van der Waals surface area (Å²) >= 11 is 0. The van der Waals surface area contributed by atoms with Crippen LogP contribution in [0.2, 0.25) is 0 Å². The first-order valence-electron chi connectivity index (χ1n) is 6.21. The number of fused-ring (bicyclic) bond motifs is 1. The third-order valence-corrected chi connectivity index (χ3v) is 3.35. The molecule has 0 saturated carbocycles. The lowest BCUT2D eigenvalue weighted by atomic mass is 9.82. The smallest absolute Gasteiger partial charge is 0.227 e. The third kappa shape index (κ3) is 2.67. The molecule has 1 aliphatic carbocycles. The van der Waals surface area contributed by atoms with Crippen molar-refractivity contribution >= 4 is 5.91 Å². The van der Waals surface area contributed by atoms with Crippen molar-refractivity contribution in [2.75, 3.05) is 6.61 Å². The van der Waals surface area contributed by atoms with Gasteiger partial charge in [0.25, 0.3) is 0 Å². The number of carbonyl (C=O) groups excluding carboxylic acids is 1. The van der Waals surface area contributed by atoms with E-state index in [1.807, 2.05) is 25.1 Å². The van der Waals surface area contributed by atoms with E-state index in [1.54, 1.807) is 0 Å². The molecule has 17 heavy (non-hydrogen) atoms. The van der Waals surface area contributed by atoms with Crippen molar-refractivity contribution < 1.29 is 9.90 Å². The highest BCUT2D eigenvalue weighted by Crippen LogP contribution is 2.31. The summed E-state index contributed by atoms with van der Waals surface area (Å²) in [6.45, 7) is 1.80. The number of hydrogen-bond acceptors (Lipinski definition) is 2. The van der Waals surface area contributed by atoms with Crippen molar-refractivity contribution in [1.82, 2.24) is 5.32 Å². The Hall–Kier alpha value is -1.35. The lowest BCUT2D eigenvalue weighted by molar-refractivity contribution is -0.123. The zero-order valence-electron chi connectivity index (χ0n) is 10.1. The molecule has 1 amide bonds. The Morgan fingerprint density at radius 1 is 1.53 bits per heavy atom. The monoisotopic (exact) mass is 233 g/mol. The summed E-state index contributed by atoms with van der Waals surface area (Å²) in [6, 6.07) is 7.98. The molecule has 1 aromatic rings. The molecule has 3 nitrogen and oxygen atoms in total. The van der Waals surface area contributed by atoms with Crippen LogP contribution >= 0.6 is 0 Å². The number of benzene rings is 1. The zero-order valence-corrected chi connectivity index (χ0v) is 10.1. The molecule has 0 aromatic heterocycles. The van der Waals surface area contributed by atoms with Gasteiger partial charge in [0.1, 0.15) is 0 Å². The van der Waals surface area contributed by atoms with Gasteiger partial charge in [0, 0.05) is 6.04 Å². The molecule has 92 valence electrons. The van der Waals surface area contributed by atoms with Gasteiger partial charge in [-0.3, -0.25) is 4.79 Å². The van der Waals surface area contributed by atoms with Crippen LogP contribution in [-0.4, -0.2) is 23.7 Å². The molecule has 0 spiro atoms. The Balaban J connectivity index is 2.15. The van der Waals surface area contributed by atoms with Gasteiger partial charge >= 0.3 is 0 Å². The van der Waals surface area contributed by atoms with E-state index in [4.69, 9.17) is 5.11 Å². The molecular formula is C14H19NO2. The van der Waals surface area contributed by atoms with Gasteiger partial charge in [0.15, 0.2) is 0 Å². The number of hydrogen-bond donors (Lipinski definition) is 2. The second-order valence-corrected chi connectivity index (χ2v) is 4.74. The predicted molar refractivity (Wildman–Crippen MR) is 66.8 cm³/mol. The Morgan fingerprint density at radius 3 is 3.06 bits per heavy atom. The Bertz CT molecular complexity index is 403. The van der Waals surface area contributed by atoms with E-state index < -0.39 is 0 Å². The first-order valence-corrected chi connectivity index (χ1v) is 6.21. The van der Waals surface area contributed by atoms with Gasteiger partial charge < -0.3 is 10.4 Å². The molecule has 0 aliphatic heterocycles. The highest BCUT2D eigenvalue weighted by Gasteiger charge is 2.26. The molecule has 3 heteroatoms. The van der Waals surface area contributed by atoms with Crippen molar-refractivity contribution in [2.45, 2.75) is 38.1 Å². The van der Waals surface area contributed by atoms with E-state index in [0.717, 1.165) is 24.8 Å². The highest BCUT2D eigenvalue weighted by molar-refractivity contribution is 5.84. The number of carbonyl (C=O) groups is 1. The van der Waals surface area contributed by atoms with Gasteiger partial charge in [-0.15, -0.1) is 0 Å². The van der Waals surface area contributed by atoms with E-state index in [-0.39, 0.29) is 24.5 Å². The summed E-state index contributed by atoms with van der Waals surface area (Å²) < 4.78 is 0. The van der Waals surface area contributed by atoms with Crippen molar-refractivity contribution in [3.63, 3.8) is 0 Å². The van der Waals surface area contributed by atoms with Crippen LogP contribution in [-0.2, 0) is 11.2 Å². The van der Waals surface area contributed by atoms with Crippen molar-refractivity contribution in [1.29, 1.82) is 0 Å². The van der Waals surface area contributed by atoms with Gasteiger partial charge in [0.2, 0.25) is 5.91 Å². The lowest BCUT2D eigenvalue weighted by Crippen LogP contribution is -2.39. The van der Waals surface area contributed by atoms with E-state index in [1.165, 1.54) is 5.56 Å². The fourth-order valence-electron chi connectivity index (χ4n) is 2.42. The van der Waals surface area contributed by atoms with E-state index in [2.05, 4.69) is 11.4 Å². The minimum Gasteiger partial charge on any atom is -0.394 e. The molecule has 0 fully saturated rings. The first-order chi connectivity index (χ1) is 8.22. The highest BCUT2D eigenvalue weighted by atomic mass is 16.3. The SMILES string of the molecule is CC(CO)NC(=O)C1CCCc2ccccc21. The number of aryl methyl sites for hydroxylation is 1. The van der Waals surface area contributed by atoms with Gasteiger partial charge in [-0.2, -0.15) is 0 Å². The topological polar surface area (TPSA) is 49.3 Å². The molecule has 1 aromatic carbocycles. The van der Waals surface area contributed by atoms with Crippen LogP contribution in [0.25, 0.3) is 0 Å². The quantitative estimate of drug-likeness (QED) is 0.833. The molecule has 0 saturated heterocycles. The zero-order chi connectivity index (χ0) is 12.3. The van der Waals surface area contributed by atoms with E-state index >= 15 is 0 Å². The van der Waals surface area contributed by atoms with Gasteiger partial charge in [-0.05, 0) is 37.3 Å². The van der Waals surface area contributed by atoms with Crippen LogP contribution in [0, 0.1) is 0 Å². The number of amides is 1. The second kappa shape index (κ2) is 5.32. The normalized spacial score (nSPS) is 20.5. The van der Waals surface area contributed by atoms with Crippen LogP contribution in [0.1, 0.15) is 36.8 Å². The summed E-state index contributed by atoms with van der Waals surface area (Å²) in [5.41, 5.74) is 2.44. The molecule has 2 atom stereocenters. The van der Waals surface area contributed by atoms with E-state index in [0.29, 0.717) is 0 Å². The summed E-state index contributed by atoms with van der Waals surface area (Å²) in [7, 11) is 0. The minimum absolute atomic E-state index is 0.0138. The standard InChI is InChI=1S/C14H19NO2/c1-10(9-16)15-14(17)13-8-4-6-11-5-2-3-7-12(11)13/h2-3,5,7,10,13,16H,4,6,8-9H2,1H3,(H,15,17). The van der Waals surface area contributed by atoms with Crippen LogP contribution in [0.4, 0.5) is 0 Å². The predicted octanol–water partition coefficient (Wildman–Crippen LogP) is 1.60. The van der Waals surface area contributed by atoms with Crippen molar-refractivity contribution in [3.05, 3.63) is 35.4 Å². The molecule has 2 unspecified atom stereocenters. The minimum atomic E-state index is -0.170. The number of aliphatic hydroxyl groups excluding tert-OH is 1. The fraction of sp³-hybridized carbons (Fsp3) is 0.500. The van der Waals surface area contributed by atoms with Gasteiger partial charge in [-0.1, -0.05) is 24.3 Å². The largest absolute Gasteiger partial charge is 0.394 e. The van der Waals surface area contributed by atoms with Gasteiger partial charge in [0.05, 0.1) is 12.5 Å². The molecule has 0 radical (unpaired) electrons. The van der Waals surface area contributed by atoms with E-state index in [9.17, 15) is 4.79 Å².